The van der Waals surface area contributed by atoms with E-state index in [2.05, 4.69) is 41.4 Å². The molecule has 0 aliphatic rings. The molecule has 0 radical (unpaired) electrons. The molecule has 6 nitrogen and oxygen atoms in total. The predicted molar refractivity (Wildman–Crippen MR) is 115 cm³/mol. The molecule has 0 unspecified atom stereocenters. The highest BCUT2D eigenvalue weighted by molar-refractivity contribution is 14.0. The Hall–Kier alpha value is -1.77. The van der Waals surface area contributed by atoms with Crippen molar-refractivity contribution in [3.05, 3.63) is 47.7 Å². The lowest BCUT2D eigenvalue weighted by Gasteiger charge is -2.14. The van der Waals surface area contributed by atoms with Crippen molar-refractivity contribution in [1.29, 1.82) is 0 Å². The van der Waals surface area contributed by atoms with Crippen LogP contribution in [-0.2, 0) is 12.0 Å². The second-order valence-corrected chi connectivity index (χ2v) is 6.83. The zero-order chi connectivity index (χ0) is 18.3. The highest BCUT2D eigenvalue weighted by Gasteiger charge is 2.19. The quantitative estimate of drug-likeness (QED) is 0.291. The first kappa shape index (κ1) is 22.3. The average Bonchev–Trinajstić information content (AvgIpc) is 3.05. The van der Waals surface area contributed by atoms with E-state index >= 15 is 0 Å². The summed E-state index contributed by atoms with van der Waals surface area (Å²) in [6, 6.07) is 7.97. The Morgan fingerprint density at radius 1 is 1.23 bits per heavy atom. The van der Waals surface area contributed by atoms with E-state index in [4.69, 9.17) is 9.15 Å². The van der Waals surface area contributed by atoms with Gasteiger partial charge >= 0.3 is 0 Å². The number of ether oxygens (including phenoxy) is 1. The Morgan fingerprint density at radius 2 is 1.96 bits per heavy atom. The maximum Gasteiger partial charge on any atom is 0.213 e. The van der Waals surface area contributed by atoms with Crippen LogP contribution in [0.2, 0.25) is 0 Å². The average molecular weight is 472 g/mol. The lowest BCUT2D eigenvalue weighted by molar-refractivity contribution is 0.319. The molecular formula is C19H29IN4O2. The first-order valence-corrected chi connectivity index (χ1v) is 8.48. The van der Waals surface area contributed by atoms with Crippen molar-refractivity contribution in [3.8, 4) is 5.75 Å². The number of nitrogens with zero attached hydrogens (tertiary/aromatic N) is 2. The third kappa shape index (κ3) is 6.86. The SMILES string of the molecule is CN=C(NCCOc1ccccc1C)NCc1ncc(C(C)(C)C)o1.I. The molecule has 0 amide bonds. The Balaban J connectivity index is 0.00000338. The summed E-state index contributed by atoms with van der Waals surface area (Å²) in [5, 5.41) is 6.40. The minimum Gasteiger partial charge on any atom is -0.491 e. The summed E-state index contributed by atoms with van der Waals surface area (Å²) in [6.07, 6.45) is 1.78. The molecule has 1 heterocycles. The van der Waals surface area contributed by atoms with Gasteiger partial charge in [0.25, 0.3) is 0 Å². The zero-order valence-corrected chi connectivity index (χ0v) is 18.5. The van der Waals surface area contributed by atoms with Crippen LogP contribution in [0.3, 0.4) is 0 Å². The number of para-hydroxylation sites is 1. The van der Waals surface area contributed by atoms with Gasteiger partial charge in [-0.1, -0.05) is 39.0 Å². The van der Waals surface area contributed by atoms with E-state index in [1.165, 1.54) is 0 Å². The third-order valence-corrected chi connectivity index (χ3v) is 3.67. The minimum absolute atomic E-state index is 0. The Morgan fingerprint density at radius 3 is 2.58 bits per heavy atom. The molecule has 0 fully saturated rings. The van der Waals surface area contributed by atoms with Crippen LogP contribution in [0.1, 0.15) is 38.0 Å². The number of hydrogen-bond donors (Lipinski definition) is 2. The minimum atomic E-state index is -0.0436. The molecule has 0 saturated carbocycles. The number of halogens is 1. The van der Waals surface area contributed by atoms with Crippen molar-refractivity contribution in [2.75, 3.05) is 20.2 Å². The van der Waals surface area contributed by atoms with E-state index in [-0.39, 0.29) is 29.4 Å². The normalized spacial score (nSPS) is 11.7. The third-order valence-electron chi connectivity index (χ3n) is 3.67. The number of guanidine groups is 1. The van der Waals surface area contributed by atoms with Crippen LogP contribution < -0.4 is 15.4 Å². The molecular weight excluding hydrogens is 443 g/mol. The van der Waals surface area contributed by atoms with Crippen LogP contribution in [0.25, 0.3) is 0 Å². The fraction of sp³-hybridized carbons (Fsp3) is 0.474. The molecule has 144 valence electrons. The van der Waals surface area contributed by atoms with Crippen molar-refractivity contribution in [2.24, 2.45) is 4.99 Å². The lowest BCUT2D eigenvalue weighted by Crippen LogP contribution is -2.39. The summed E-state index contributed by atoms with van der Waals surface area (Å²) < 4.78 is 11.5. The van der Waals surface area contributed by atoms with Crippen LogP contribution in [-0.4, -0.2) is 31.1 Å². The number of oxazole rings is 1. The molecule has 0 spiro atoms. The summed E-state index contributed by atoms with van der Waals surface area (Å²) in [5.74, 6) is 3.11. The van der Waals surface area contributed by atoms with Crippen LogP contribution in [0.5, 0.6) is 5.75 Å². The van der Waals surface area contributed by atoms with Crippen molar-refractivity contribution >= 4 is 29.9 Å². The van der Waals surface area contributed by atoms with Crippen LogP contribution in [0, 0.1) is 6.92 Å². The van der Waals surface area contributed by atoms with Gasteiger partial charge in [0.15, 0.2) is 5.96 Å². The molecule has 2 aromatic rings. The topological polar surface area (TPSA) is 71.7 Å². The van der Waals surface area contributed by atoms with E-state index in [1.807, 2.05) is 31.2 Å². The van der Waals surface area contributed by atoms with Crippen LogP contribution in [0.15, 0.2) is 39.9 Å². The number of aromatic nitrogens is 1. The van der Waals surface area contributed by atoms with Gasteiger partial charge in [0.1, 0.15) is 18.1 Å². The van der Waals surface area contributed by atoms with E-state index in [0.717, 1.165) is 17.1 Å². The van der Waals surface area contributed by atoms with Gasteiger partial charge < -0.3 is 19.8 Å². The molecule has 1 aromatic heterocycles. The van der Waals surface area contributed by atoms with Gasteiger partial charge in [-0.2, -0.15) is 0 Å². The maximum absolute atomic E-state index is 5.76. The number of hydrogen-bond acceptors (Lipinski definition) is 4. The zero-order valence-electron chi connectivity index (χ0n) is 16.1. The predicted octanol–water partition coefficient (Wildman–Crippen LogP) is 3.64. The van der Waals surface area contributed by atoms with Gasteiger partial charge in [0.2, 0.25) is 5.89 Å². The summed E-state index contributed by atoms with van der Waals surface area (Å²) in [7, 11) is 1.73. The number of rotatable bonds is 6. The molecule has 0 aliphatic carbocycles. The highest BCUT2D eigenvalue weighted by atomic mass is 127. The molecule has 7 heteroatoms. The monoisotopic (exact) mass is 472 g/mol. The summed E-state index contributed by atoms with van der Waals surface area (Å²) in [5.41, 5.74) is 1.08. The second kappa shape index (κ2) is 10.4. The summed E-state index contributed by atoms with van der Waals surface area (Å²) in [4.78, 5) is 8.49. The van der Waals surface area contributed by atoms with Crippen LogP contribution >= 0.6 is 24.0 Å². The number of aryl methyl sites for hydroxylation is 1. The first-order chi connectivity index (χ1) is 11.9. The largest absolute Gasteiger partial charge is 0.491 e. The fourth-order valence-corrected chi connectivity index (χ4v) is 2.17. The maximum atomic E-state index is 5.76. The van der Waals surface area contributed by atoms with Gasteiger partial charge in [-0.3, -0.25) is 4.99 Å². The Labute approximate surface area is 172 Å². The lowest BCUT2D eigenvalue weighted by atomic mass is 9.94. The standard InChI is InChI=1S/C19H28N4O2.HI/c1-14-8-6-7-9-15(14)24-11-10-21-18(20-5)23-13-17-22-12-16(25-17)19(2,3)4;/h6-9,12H,10-11,13H2,1-5H3,(H2,20,21,23);1H. The first-order valence-electron chi connectivity index (χ1n) is 8.48. The van der Waals surface area contributed by atoms with E-state index in [9.17, 15) is 0 Å². The molecule has 26 heavy (non-hydrogen) atoms. The summed E-state index contributed by atoms with van der Waals surface area (Å²) >= 11 is 0. The summed E-state index contributed by atoms with van der Waals surface area (Å²) in [6.45, 7) is 10.0. The van der Waals surface area contributed by atoms with E-state index < -0.39 is 0 Å². The van der Waals surface area contributed by atoms with Gasteiger partial charge in [0.05, 0.1) is 19.3 Å². The molecule has 0 bridgehead atoms. The van der Waals surface area contributed by atoms with Gasteiger partial charge in [0, 0.05) is 12.5 Å². The molecule has 1 aromatic carbocycles. The number of aliphatic imine (C=N–C) groups is 1. The van der Waals surface area contributed by atoms with Crippen LogP contribution in [0.4, 0.5) is 0 Å². The van der Waals surface area contributed by atoms with Gasteiger partial charge in [-0.15, -0.1) is 24.0 Å². The Bertz CT molecular complexity index is 708. The molecule has 0 atom stereocenters. The van der Waals surface area contributed by atoms with E-state index in [1.54, 1.807) is 13.2 Å². The van der Waals surface area contributed by atoms with Crippen molar-refractivity contribution in [3.63, 3.8) is 0 Å². The van der Waals surface area contributed by atoms with E-state index in [0.29, 0.717) is 31.5 Å². The van der Waals surface area contributed by atoms with Crippen molar-refractivity contribution in [1.82, 2.24) is 15.6 Å². The number of benzene rings is 1. The van der Waals surface area contributed by atoms with Crippen molar-refractivity contribution in [2.45, 2.75) is 39.7 Å². The Kier molecular flexibility index (Phi) is 8.91. The molecule has 2 rings (SSSR count). The molecule has 0 saturated heterocycles. The second-order valence-electron chi connectivity index (χ2n) is 6.83. The molecule has 2 N–H and O–H groups in total. The number of nitrogens with one attached hydrogen (secondary N) is 2. The van der Waals surface area contributed by atoms with Crippen molar-refractivity contribution < 1.29 is 9.15 Å². The fourth-order valence-electron chi connectivity index (χ4n) is 2.17. The smallest absolute Gasteiger partial charge is 0.213 e. The molecule has 0 aliphatic heterocycles. The van der Waals surface area contributed by atoms with Gasteiger partial charge in [-0.05, 0) is 18.6 Å². The van der Waals surface area contributed by atoms with Gasteiger partial charge in [-0.25, -0.2) is 4.98 Å². The highest BCUT2D eigenvalue weighted by Crippen LogP contribution is 2.22.